The summed E-state index contributed by atoms with van der Waals surface area (Å²) < 4.78 is 28.7. The fourth-order valence-electron chi connectivity index (χ4n) is 3.47. The molecule has 0 saturated carbocycles. The van der Waals surface area contributed by atoms with Gasteiger partial charge in [0.25, 0.3) is 5.91 Å². The zero-order chi connectivity index (χ0) is 26.7. The highest BCUT2D eigenvalue weighted by Crippen LogP contribution is 2.30. The van der Waals surface area contributed by atoms with E-state index in [0.29, 0.717) is 25.3 Å². The van der Waals surface area contributed by atoms with Gasteiger partial charge in [-0.05, 0) is 42.2 Å². The van der Waals surface area contributed by atoms with E-state index in [1.54, 1.807) is 4.90 Å². The molecule has 1 fully saturated rings. The normalized spacial score (nSPS) is 15.8. The summed E-state index contributed by atoms with van der Waals surface area (Å²) in [6.07, 6.45) is 0.949. The van der Waals surface area contributed by atoms with Gasteiger partial charge in [0.15, 0.2) is 11.9 Å². The molecule has 3 rings (SSSR count). The van der Waals surface area contributed by atoms with Crippen LogP contribution in [0.25, 0.3) is 0 Å². The first-order valence-electron chi connectivity index (χ1n) is 11.1. The maximum Gasteiger partial charge on any atom is 0.387 e. The van der Waals surface area contributed by atoms with Gasteiger partial charge >= 0.3 is 6.61 Å². The molecule has 12 heteroatoms. The highest BCUT2D eigenvalue weighted by atomic mass is 35.5. The number of alkyl halides is 2. The second-order valence-corrected chi connectivity index (χ2v) is 8.17. The third kappa shape index (κ3) is 8.35. The van der Waals surface area contributed by atoms with Gasteiger partial charge in [0.1, 0.15) is 12.9 Å². The Balaban J connectivity index is 0.000000269. The highest BCUT2D eigenvalue weighted by molar-refractivity contribution is 6.30. The van der Waals surface area contributed by atoms with Crippen molar-refractivity contribution < 1.29 is 33.1 Å². The van der Waals surface area contributed by atoms with E-state index >= 15 is 0 Å². The lowest BCUT2D eigenvalue weighted by atomic mass is 9.98. The van der Waals surface area contributed by atoms with Crippen molar-refractivity contribution in [2.45, 2.75) is 45.1 Å². The second-order valence-electron chi connectivity index (χ2n) is 7.74. The molecule has 9 nitrogen and oxygen atoms in total. The SMILES string of the molecule is CCC1CCN1C(=O)C(O)c1cc(Cl)cc(OC(F)F)c1.CO/N=C(\N)c1ccc(CNC=O)cc1. The van der Waals surface area contributed by atoms with E-state index in [0.717, 1.165) is 24.0 Å². The lowest BCUT2D eigenvalue weighted by Gasteiger charge is -2.41. The Labute approximate surface area is 212 Å². The standard InChI is InChI=1S/C14H16ClF2NO3.C10H13N3O2/c1-2-10-3-4-18(10)13(20)12(19)8-5-9(15)7-11(6-8)21-14(16)17;1-15-13-10(11)9-4-2-8(3-5-9)6-12-7-14/h5-7,10,12,14,19H,2-4H2,1H3;2-5,7H,6H2,1H3,(H2,11,13)(H,12,14). The Morgan fingerprint density at radius 3 is 2.56 bits per heavy atom. The van der Waals surface area contributed by atoms with E-state index in [1.807, 2.05) is 31.2 Å². The number of nitrogens with one attached hydrogen (secondary N) is 1. The number of benzene rings is 2. The maximum atomic E-state index is 12.2. The van der Waals surface area contributed by atoms with E-state index in [4.69, 9.17) is 17.3 Å². The van der Waals surface area contributed by atoms with Crippen LogP contribution in [-0.4, -0.2) is 54.5 Å². The number of carbonyl (C=O) groups excluding carboxylic acids is 2. The summed E-state index contributed by atoms with van der Waals surface area (Å²) in [7, 11) is 1.44. The van der Waals surface area contributed by atoms with E-state index in [-0.39, 0.29) is 22.4 Å². The molecule has 196 valence electrons. The van der Waals surface area contributed by atoms with Gasteiger partial charge in [-0.2, -0.15) is 8.78 Å². The molecule has 2 aromatic carbocycles. The van der Waals surface area contributed by atoms with Gasteiger partial charge in [0.05, 0.1) is 0 Å². The second kappa shape index (κ2) is 14.2. The maximum absolute atomic E-state index is 12.2. The number of hydrogen-bond donors (Lipinski definition) is 3. The number of carbonyl (C=O) groups is 2. The summed E-state index contributed by atoms with van der Waals surface area (Å²) in [6, 6.07) is 11.3. The molecule has 2 unspecified atom stereocenters. The first-order chi connectivity index (χ1) is 17.2. The van der Waals surface area contributed by atoms with Crippen LogP contribution in [0.1, 0.15) is 42.6 Å². The number of aliphatic hydroxyl groups excluding tert-OH is 1. The fraction of sp³-hybridized carbons (Fsp3) is 0.375. The van der Waals surface area contributed by atoms with Gasteiger partial charge in [0.2, 0.25) is 6.41 Å². The van der Waals surface area contributed by atoms with Crippen LogP contribution < -0.4 is 15.8 Å². The van der Waals surface area contributed by atoms with Gasteiger partial charge in [0, 0.05) is 29.7 Å². The minimum Gasteiger partial charge on any atom is -0.435 e. The quantitative estimate of drug-likeness (QED) is 0.189. The molecule has 0 spiro atoms. The number of rotatable bonds is 10. The van der Waals surface area contributed by atoms with Gasteiger partial charge < -0.3 is 30.6 Å². The van der Waals surface area contributed by atoms with Crippen LogP contribution in [0.2, 0.25) is 5.02 Å². The molecule has 1 heterocycles. The minimum atomic E-state index is -3.00. The molecule has 0 radical (unpaired) electrons. The predicted octanol–water partition coefficient (Wildman–Crippen LogP) is 3.19. The third-order valence-electron chi connectivity index (χ3n) is 5.40. The van der Waals surface area contributed by atoms with Crippen molar-refractivity contribution >= 4 is 29.8 Å². The van der Waals surface area contributed by atoms with Crippen LogP contribution >= 0.6 is 11.6 Å². The molecular formula is C24H29ClF2N4O5. The largest absolute Gasteiger partial charge is 0.435 e. The average molecular weight is 527 g/mol. The van der Waals surface area contributed by atoms with Gasteiger partial charge in [-0.1, -0.05) is 47.9 Å². The molecule has 2 amide bonds. The van der Waals surface area contributed by atoms with Gasteiger partial charge in [-0.15, -0.1) is 0 Å². The van der Waals surface area contributed by atoms with Crippen molar-refractivity contribution in [3.63, 3.8) is 0 Å². The van der Waals surface area contributed by atoms with Crippen molar-refractivity contribution in [1.29, 1.82) is 0 Å². The number of hydrogen-bond acceptors (Lipinski definition) is 6. The van der Waals surface area contributed by atoms with Crippen molar-refractivity contribution in [1.82, 2.24) is 10.2 Å². The van der Waals surface area contributed by atoms with E-state index < -0.39 is 18.6 Å². The lowest BCUT2D eigenvalue weighted by molar-refractivity contribution is -0.148. The Morgan fingerprint density at radius 2 is 2.03 bits per heavy atom. The number of likely N-dealkylation sites (tertiary alicyclic amines) is 1. The molecule has 2 atom stereocenters. The van der Waals surface area contributed by atoms with E-state index in [9.17, 15) is 23.5 Å². The predicted molar refractivity (Wildman–Crippen MR) is 131 cm³/mol. The molecule has 1 aliphatic rings. The zero-order valence-electron chi connectivity index (χ0n) is 19.9. The van der Waals surface area contributed by atoms with Crippen LogP contribution in [0.3, 0.4) is 0 Å². The Kier molecular flexibility index (Phi) is 11.4. The number of nitrogens with zero attached hydrogens (tertiary/aromatic N) is 2. The third-order valence-corrected chi connectivity index (χ3v) is 5.61. The number of amidine groups is 1. The smallest absolute Gasteiger partial charge is 0.387 e. The summed E-state index contributed by atoms with van der Waals surface area (Å²) in [5.41, 5.74) is 7.53. The molecule has 36 heavy (non-hydrogen) atoms. The Bertz CT molecular complexity index is 1040. The number of halogens is 3. The number of oxime groups is 1. The fourth-order valence-corrected chi connectivity index (χ4v) is 3.71. The van der Waals surface area contributed by atoms with Crippen LogP contribution in [0, 0.1) is 0 Å². The Hall–Kier alpha value is -3.44. The van der Waals surface area contributed by atoms with Crippen molar-refractivity contribution in [2.24, 2.45) is 10.9 Å². The summed E-state index contributed by atoms with van der Waals surface area (Å²) in [4.78, 5) is 28.4. The van der Waals surface area contributed by atoms with E-state index in [1.165, 1.54) is 25.3 Å². The molecule has 2 aromatic rings. The molecule has 1 aliphatic heterocycles. The lowest BCUT2D eigenvalue weighted by Crippen LogP contribution is -2.52. The van der Waals surface area contributed by atoms with Crippen LogP contribution in [0.4, 0.5) is 8.78 Å². The minimum absolute atomic E-state index is 0.116. The van der Waals surface area contributed by atoms with Gasteiger partial charge in [-0.25, -0.2) is 0 Å². The first kappa shape index (κ1) is 28.8. The van der Waals surface area contributed by atoms with Crippen molar-refractivity contribution in [2.75, 3.05) is 13.7 Å². The highest BCUT2D eigenvalue weighted by Gasteiger charge is 2.34. The topological polar surface area (TPSA) is 126 Å². The number of ether oxygens (including phenoxy) is 1. The number of amides is 2. The Morgan fingerprint density at radius 1 is 1.33 bits per heavy atom. The van der Waals surface area contributed by atoms with Crippen LogP contribution in [0.15, 0.2) is 47.6 Å². The summed E-state index contributed by atoms with van der Waals surface area (Å²) in [5.74, 6) is -0.305. The zero-order valence-corrected chi connectivity index (χ0v) is 20.6. The molecule has 1 saturated heterocycles. The van der Waals surface area contributed by atoms with Gasteiger partial charge in [-0.3, -0.25) is 9.59 Å². The van der Waals surface area contributed by atoms with Crippen molar-refractivity contribution in [3.8, 4) is 5.75 Å². The summed E-state index contributed by atoms with van der Waals surface area (Å²) in [6.45, 7) is 0.0642. The average Bonchev–Trinajstić information content (AvgIpc) is 2.82. The van der Waals surface area contributed by atoms with Crippen LogP contribution in [0.5, 0.6) is 5.75 Å². The summed E-state index contributed by atoms with van der Waals surface area (Å²) >= 11 is 5.80. The monoisotopic (exact) mass is 526 g/mol. The molecule has 4 N–H and O–H groups in total. The molecular weight excluding hydrogens is 498 g/mol. The summed E-state index contributed by atoms with van der Waals surface area (Å²) in [5, 5.41) is 16.4. The molecule has 0 aromatic heterocycles. The van der Waals surface area contributed by atoms with Crippen molar-refractivity contribution in [3.05, 3.63) is 64.2 Å². The molecule has 0 aliphatic carbocycles. The molecule has 0 bridgehead atoms. The van der Waals surface area contributed by atoms with E-state index in [2.05, 4.69) is 20.0 Å². The number of aliphatic hydroxyl groups is 1. The number of nitrogens with two attached hydrogens (primary N) is 1. The first-order valence-corrected chi connectivity index (χ1v) is 11.4. The van der Waals surface area contributed by atoms with Crippen LogP contribution in [-0.2, 0) is 21.0 Å².